The first-order valence-electron chi connectivity index (χ1n) is 4.51. The van der Waals surface area contributed by atoms with Crippen LogP contribution in [0.15, 0.2) is 21.0 Å². The molecule has 0 amide bonds. The zero-order valence-corrected chi connectivity index (χ0v) is 13.3. The van der Waals surface area contributed by atoms with Crippen molar-refractivity contribution in [3.63, 3.8) is 0 Å². The van der Waals surface area contributed by atoms with Crippen molar-refractivity contribution in [2.75, 3.05) is 14.1 Å². The topological polar surface area (TPSA) is 28.5 Å². The predicted octanol–water partition coefficient (Wildman–Crippen LogP) is 3.88. The second-order valence-electron chi connectivity index (χ2n) is 3.43. The van der Waals surface area contributed by atoms with Crippen LogP contribution in [-0.4, -0.2) is 30.3 Å². The normalized spacial score (nSPS) is 11.5. The summed E-state index contributed by atoms with van der Waals surface area (Å²) in [6.07, 6.45) is 1.80. The maximum atomic E-state index is 4.46. The lowest BCUT2D eigenvalue weighted by Gasteiger charge is -2.05. The van der Waals surface area contributed by atoms with Crippen LogP contribution in [0.4, 0.5) is 5.69 Å². The number of fused-ring (bicyclic) bond motifs is 1. The fourth-order valence-corrected chi connectivity index (χ4v) is 3.77. The SMILES string of the molecule is CN(C)/C=N/c1c(I)cc(Br)c2scnc12. The Hall–Kier alpha value is -0.210. The molecule has 3 nitrogen and oxygen atoms in total. The summed E-state index contributed by atoms with van der Waals surface area (Å²) in [5, 5.41) is 0. The Bertz CT molecular complexity index is 550. The molecule has 2 rings (SSSR count). The first kappa shape index (κ1) is 12.3. The van der Waals surface area contributed by atoms with Gasteiger partial charge in [-0.15, -0.1) is 11.3 Å². The third-order valence-corrected chi connectivity index (χ3v) is 4.48. The summed E-state index contributed by atoms with van der Waals surface area (Å²) in [6, 6.07) is 2.07. The summed E-state index contributed by atoms with van der Waals surface area (Å²) in [5.41, 5.74) is 3.75. The number of hydrogen-bond acceptors (Lipinski definition) is 3. The predicted molar refractivity (Wildman–Crippen MR) is 81.9 cm³/mol. The first-order valence-corrected chi connectivity index (χ1v) is 7.26. The molecule has 2 aromatic rings. The van der Waals surface area contributed by atoms with Crippen LogP contribution >= 0.6 is 49.9 Å². The monoisotopic (exact) mass is 409 g/mol. The van der Waals surface area contributed by atoms with Crippen LogP contribution in [0.25, 0.3) is 10.2 Å². The number of benzene rings is 1. The van der Waals surface area contributed by atoms with Gasteiger partial charge in [-0.2, -0.15) is 0 Å². The molecular weight excluding hydrogens is 401 g/mol. The van der Waals surface area contributed by atoms with Crippen molar-refractivity contribution in [1.29, 1.82) is 0 Å². The highest BCUT2D eigenvalue weighted by molar-refractivity contribution is 14.1. The molecule has 0 aliphatic carbocycles. The smallest absolute Gasteiger partial charge is 0.109 e. The van der Waals surface area contributed by atoms with Gasteiger partial charge >= 0.3 is 0 Å². The molecule has 0 atom stereocenters. The van der Waals surface area contributed by atoms with Crippen LogP contribution in [0, 0.1) is 3.57 Å². The van der Waals surface area contributed by atoms with E-state index in [1.807, 2.05) is 24.5 Å². The molecule has 0 fully saturated rings. The minimum absolute atomic E-state index is 0.939. The number of hydrogen-bond donors (Lipinski definition) is 0. The van der Waals surface area contributed by atoms with Crippen molar-refractivity contribution >= 4 is 72.1 Å². The van der Waals surface area contributed by atoms with E-state index in [0.29, 0.717) is 0 Å². The lowest BCUT2D eigenvalue weighted by Crippen LogP contribution is -2.07. The highest BCUT2D eigenvalue weighted by atomic mass is 127. The zero-order valence-electron chi connectivity index (χ0n) is 8.74. The van der Waals surface area contributed by atoms with E-state index >= 15 is 0 Å². The largest absolute Gasteiger partial charge is 0.369 e. The van der Waals surface area contributed by atoms with Gasteiger partial charge in [-0.05, 0) is 44.6 Å². The number of thiazole rings is 1. The average molecular weight is 410 g/mol. The molecule has 0 saturated carbocycles. The molecule has 0 aliphatic rings. The summed E-state index contributed by atoms with van der Waals surface area (Å²) < 4.78 is 3.32. The van der Waals surface area contributed by atoms with Crippen molar-refractivity contribution in [3.05, 3.63) is 19.6 Å². The van der Waals surface area contributed by atoms with E-state index in [1.54, 1.807) is 17.7 Å². The molecular formula is C10H9BrIN3S. The molecule has 6 heteroatoms. The van der Waals surface area contributed by atoms with Crippen LogP contribution < -0.4 is 0 Å². The summed E-state index contributed by atoms with van der Waals surface area (Å²) in [5.74, 6) is 0. The van der Waals surface area contributed by atoms with Crippen LogP contribution in [0.3, 0.4) is 0 Å². The molecule has 1 aromatic heterocycles. The third kappa shape index (κ3) is 2.38. The minimum Gasteiger partial charge on any atom is -0.369 e. The van der Waals surface area contributed by atoms with Gasteiger partial charge in [0.05, 0.1) is 16.5 Å². The quantitative estimate of drug-likeness (QED) is 0.427. The van der Waals surface area contributed by atoms with Crippen LogP contribution in [0.2, 0.25) is 0 Å². The van der Waals surface area contributed by atoms with E-state index < -0.39 is 0 Å². The molecule has 0 N–H and O–H groups in total. The number of rotatable bonds is 2. The van der Waals surface area contributed by atoms with E-state index in [4.69, 9.17) is 0 Å². The molecule has 0 aliphatic heterocycles. The summed E-state index contributed by atoms with van der Waals surface area (Å²) >= 11 is 7.45. The maximum absolute atomic E-state index is 4.46. The summed E-state index contributed by atoms with van der Waals surface area (Å²) in [4.78, 5) is 10.7. The maximum Gasteiger partial charge on any atom is 0.109 e. The first-order chi connectivity index (χ1) is 7.59. The van der Waals surface area contributed by atoms with Gasteiger partial charge in [-0.3, -0.25) is 0 Å². The Morgan fingerprint density at radius 3 is 3.00 bits per heavy atom. The molecule has 0 saturated heterocycles. The molecule has 1 heterocycles. The molecule has 0 bridgehead atoms. The van der Waals surface area contributed by atoms with Gasteiger partial charge in [0, 0.05) is 22.1 Å². The Morgan fingerprint density at radius 1 is 1.56 bits per heavy atom. The van der Waals surface area contributed by atoms with Gasteiger partial charge in [-0.25, -0.2) is 9.98 Å². The Kier molecular flexibility index (Phi) is 3.81. The van der Waals surface area contributed by atoms with Crippen molar-refractivity contribution in [2.24, 2.45) is 4.99 Å². The third-order valence-electron chi connectivity index (χ3n) is 1.91. The highest BCUT2D eigenvalue weighted by Gasteiger charge is 2.10. The Balaban J connectivity index is 2.63. The van der Waals surface area contributed by atoms with Crippen LogP contribution in [0.5, 0.6) is 0 Å². The van der Waals surface area contributed by atoms with Gasteiger partial charge in [0.1, 0.15) is 11.2 Å². The van der Waals surface area contributed by atoms with Gasteiger partial charge < -0.3 is 4.90 Å². The van der Waals surface area contributed by atoms with Crippen LogP contribution in [0.1, 0.15) is 0 Å². The number of aromatic nitrogens is 1. The van der Waals surface area contributed by atoms with E-state index in [2.05, 4.69) is 54.6 Å². The van der Waals surface area contributed by atoms with Crippen LogP contribution in [-0.2, 0) is 0 Å². The number of aliphatic imine (C=N–C) groups is 1. The minimum atomic E-state index is 0.939. The lowest BCUT2D eigenvalue weighted by atomic mass is 10.3. The van der Waals surface area contributed by atoms with Crippen molar-refractivity contribution in [3.8, 4) is 0 Å². The van der Waals surface area contributed by atoms with Gasteiger partial charge in [0.2, 0.25) is 0 Å². The highest BCUT2D eigenvalue weighted by Crippen LogP contribution is 2.37. The molecule has 0 radical (unpaired) electrons. The number of halogens is 2. The summed E-state index contributed by atoms with van der Waals surface area (Å²) in [6.45, 7) is 0. The Morgan fingerprint density at radius 2 is 2.31 bits per heavy atom. The standard InChI is InChI=1S/C10H9BrIN3S/c1-15(2)4-13-8-7(12)3-6(11)10-9(8)14-5-16-10/h3-5H,1-2H3/b13-4+. The zero-order chi connectivity index (χ0) is 11.7. The molecule has 16 heavy (non-hydrogen) atoms. The van der Waals surface area contributed by atoms with E-state index in [9.17, 15) is 0 Å². The van der Waals surface area contributed by atoms with Gasteiger partial charge in [0.25, 0.3) is 0 Å². The van der Waals surface area contributed by atoms with E-state index in [0.717, 1.165) is 23.9 Å². The summed E-state index contributed by atoms with van der Waals surface area (Å²) in [7, 11) is 3.90. The molecule has 84 valence electrons. The second kappa shape index (κ2) is 4.97. The van der Waals surface area contributed by atoms with Crippen molar-refractivity contribution in [2.45, 2.75) is 0 Å². The molecule has 1 aromatic carbocycles. The average Bonchev–Trinajstić information content (AvgIpc) is 2.65. The second-order valence-corrected chi connectivity index (χ2v) is 6.30. The van der Waals surface area contributed by atoms with Gasteiger partial charge in [0.15, 0.2) is 0 Å². The Labute approximate surface area is 120 Å². The molecule has 0 unspecified atom stereocenters. The number of nitrogens with zero attached hydrogens (tertiary/aromatic N) is 3. The van der Waals surface area contributed by atoms with Crippen molar-refractivity contribution < 1.29 is 0 Å². The molecule has 0 spiro atoms. The van der Waals surface area contributed by atoms with Crippen molar-refractivity contribution in [1.82, 2.24) is 9.88 Å². The lowest BCUT2D eigenvalue weighted by molar-refractivity contribution is 0.643. The fraction of sp³-hybridized carbons (Fsp3) is 0.200. The van der Waals surface area contributed by atoms with E-state index in [-0.39, 0.29) is 0 Å². The fourth-order valence-electron chi connectivity index (χ4n) is 1.24. The van der Waals surface area contributed by atoms with E-state index in [1.165, 1.54) is 0 Å². The van der Waals surface area contributed by atoms with Gasteiger partial charge in [-0.1, -0.05) is 0 Å².